The summed E-state index contributed by atoms with van der Waals surface area (Å²) >= 11 is 9.72. The van der Waals surface area contributed by atoms with Gasteiger partial charge in [0.15, 0.2) is 0 Å². The molecule has 196 valence electrons. The van der Waals surface area contributed by atoms with Crippen molar-refractivity contribution >= 4 is 55.1 Å². The summed E-state index contributed by atoms with van der Waals surface area (Å²) in [7, 11) is -4.09. The quantitative estimate of drug-likeness (QED) is 0.323. The van der Waals surface area contributed by atoms with Gasteiger partial charge in [-0.2, -0.15) is 0 Å². The average molecular weight is 607 g/mol. The topological polar surface area (TPSA) is 86.8 Å². The second-order valence-corrected chi connectivity index (χ2v) is 11.6. The number of benzene rings is 3. The lowest BCUT2D eigenvalue weighted by atomic mass is 10.1. The van der Waals surface area contributed by atoms with Crippen LogP contribution < -0.4 is 9.62 Å². The number of carbonyl (C=O) groups excluding carboxylic acids is 2. The first-order chi connectivity index (χ1) is 17.6. The van der Waals surface area contributed by atoms with Gasteiger partial charge in [-0.15, -0.1) is 0 Å². The fourth-order valence-electron chi connectivity index (χ4n) is 3.64. The van der Waals surface area contributed by atoms with E-state index in [9.17, 15) is 18.0 Å². The van der Waals surface area contributed by atoms with E-state index in [1.807, 2.05) is 6.92 Å². The Bertz CT molecular complexity index is 1320. The molecule has 0 aliphatic rings. The second kappa shape index (κ2) is 13.1. The van der Waals surface area contributed by atoms with Crippen LogP contribution in [0.15, 0.2) is 88.2 Å². The molecule has 0 heterocycles. The van der Waals surface area contributed by atoms with Crippen LogP contribution in [0.4, 0.5) is 5.69 Å². The number of sulfonamides is 1. The number of carbonyl (C=O) groups is 2. The van der Waals surface area contributed by atoms with Gasteiger partial charge in [-0.25, -0.2) is 8.42 Å². The molecule has 0 radical (unpaired) electrons. The van der Waals surface area contributed by atoms with Gasteiger partial charge in [0.2, 0.25) is 11.8 Å². The van der Waals surface area contributed by atoms with Gasteiger partial charge in [0.05, 0.1) is 10.6 Å². The van der Waals surface area contributed by atoms with Crippen molar-refractivity contribution in [3.05, 3.63) is 93.9 Å². The fourth-order valence-corrected chi connectivity index (χ4v) is 5.54. The van der Waals surface area contributed by atoms with E-state index in [1.54, 1.807) is 73.7 Å². The number of amides is 2. The largest absolute Gasteiger partial charge is 0.354 e. The standard InChI is InChI=1S/C27H29BrClN3O4S/c1-3-17-30-27(34)20(2)31(18-21-9-7-8-12-25(21)29)26(33)19-32(23-15-13-22(28)14-16-23)37(35,36)24-10-5-4-6-11-24/h4-16,20H,3,17-19H2,1-2H3,(H,30,34). The Morgan fingerprint density at radius 2 is 1.59 bits per heavy atom. The van der Waals surface area contributed by atoms with E-state index in [1.165, 1.54) is 17.0 Å². The molecule has 0 fully saturated rings. The lowest BCUT2D eigenvalue weighted by Gasteiger charge is -2.32. The van der Waals surface area contributed by atoms with Crippen LogP contribution >= 0.6 is 27.5 Å². The number of rotatable bonds is 11. The number of nitrogens with zero attached hydrogens (tertiary/aromatic N) is 2. The minimum atomic E-state index is -4.09. The van der Waals surface area contributed by atoms with Gasteiger partial charge in [-0.05, 0) is 61.4 Å². The van der Waals surface area contributed by atoms with Crippen LogP contribution in [0.1, 0.15) is 25.8 Å². The number of halogens is 2. The molecule has 0 saturated carbocycles. The average Bonchev–Trinajstić information content (AvgIpc) is 2.90. The third-order valence-electron chi connectivity index (χ3n) is 5.74. The van der Waals surface area contributed by atoms with Crippen LogP contribution in [0.25, 0.3) is 0 Å². The molecular formula is C27H29BrClN3O4S. The van der Waals surface area contributed by atoms with Gasteiger partial charge >= 0.3 is 0 Å². The number of nitrogens with one attached hydrogen (secondary N) is 1. The molecule has 1 unspecified atom stereocenters. The van der Waals surface area contributed by atoms with Crippen molar-refractivity contribution in [3.8, 4) is 0 Å². The summed E-state index contributed by atoms with van der Waals surface area (Å²) in [5.74, 6) is -0.871. The Morgan fingerprint density at radius 1 is 0.973 bits per heavy atom. The summed E-state index contributed by atoms with van der Waals surface area (Å²) in [5.41, 5.74) is 0.968. The lowest BCUT2D eigenvalue weighted by molar-refractivity contribution is -0.139. The molecule has 3 aromatic rings. The fraction of sp³-hybridized carbons (Fsp3) is 0.259. The number of anilines is 1. The van der Waals surface area contributed by atoms with Gasteiger partial charge < -0.3 is 10.2 Å². The Balaban J connectivity index is 2.01. The molecule has 0 aliphatic carbocycles. The molecule has 1 N–H and O–H groups in total. The summed E-state index contributed by atoms with van der Waals surface area (Å²) < 4.78 is 29.2. The van der Waals surface area contributed by atoms with E-state index in [0.717, 1.165) is 15.2 Å². The Morgan fingerprint density at radius 3 is 2.22 bits per heavy atom. The Kier molecular flexibility index (Phi) is 10.1. The normalized spacial score (nSPS) is 12.0. The third kappa shape index (κ3) is 7.34. The molecule has 0 aliphatic heterocycles. The minimum Gasteiger partial charge on any atom is -0.354 e. The molecule has 7 nitrogen and oxygen atoms in total. The van der Waals surface area contributed by atoms with Gasteiger partial charge in [0.25, 0.3) is 10.0 Å². The van der Waals surface area contributed by atoms with E-state index < -0.39 is 28.5 Å². The monoisotopic (exact) mass is 605 g/mol. The van der Waals surface area contributed by atoms with Crippen LogP contribution in [-0.4, -0.2) is 44.3 Å². The summed E-state index contributed by atoms with van der Waals surface area (Å²) in [6.07, 6.45) is 0.740. The first-order valence-corrected chi connectivity index (χ1v) is 14.4. The van der Waals surface area contributed by atoms with E-state index in [2.05, 4.69) is 21.2 Å². The van der Waals surface area contributed by atoms with Crippen molar-refractivity contribution < 1.29 is 18.0 Å². The van der Waals surface area contributed by atoms with E-state index >= 15 is 0 Å². The van der Waals surface area contributed by atoms with Gasteiger partial charge in [-0.3, -0.25) is 13.9 Å². The highest BCUT2D eigenvalue weighted by molar-refractivity contribution is 9.10. The number of hydrogen-bond acceptors (Lipinski definition) is 4. The predicted molar refractivity (Wildman–Crippen MR) is 150 cm³/mol. The van der Waals surface area contributed by atoms with Crippen LogP contribution in [0, 0.1) is 0 Å². The van der Waals surface area contributed by atoms with E-state index in [4.69, 9.17) is 11.6 Å². The zero-order valence-electron chi connectivity index (χ0n) is 20.6. The zero-order valence-corrected chi connectivity index (χ0v) is 23.8. The maximum atomic E-state index is 13.8. The number of hydrogen-bond donors (Lipinski definition) is 1. The van der Waals surface area contributed by atoms with Gasteiger partial charge in [0, 0.05) is 22.6 Å². The van der Waals surface area contributed by atoms with Crippen LogP contribution in [0.2, 0.25) is 5.02 Å². The Hall–Kier alpha value is -2.88. The summed E-state index contributed by atoms with van der Waals surface area (Å²) in [4.78, 5) is 28.1. The molecule has 0 spiro atoms. The molecule has 37 heavy (non-hydrogen) atoms. The smallest absolute Gasteiger partial charge is 0.264 e. The SMILES string of the molecule is CCCNC(=O)C(C)N(Cc1ccccc1Cl)C(=O)CN(c1ccc(Br)cc1)S(=O)(=O)c1ccccc1. The minimum absolute atomic E-state index is 0.0405. The van der Waals surface area contributed by atoms with Crippen LogP contribution in [0.3, 0.4) is 0 Å². The van der Waals surface area contributed by atoms with Crippen molar-refractivity contribution in [2.24, 2.45) is 0 Å². The lowest BCUT2D eigenvalue weighted by Crippen LogP contribution is -2.51. The molecule has 0 bridgehead atoms. The highest BCUT2D eigenvalue weighted by Crippen LogP contribution is 2.26. The van der Waals surface area contributed by atoms with Crippen molar-refractivity contribution in [2.75, 3.05) is 17.4 Å². The molecule has 2 amide bonds. The molecule has 3 aromatic carbocycles. The van der Waals surface area contributed by atoms with E-state index in [-0.39, 0.29) is 17.3 Å². The van der Waals surface area contributed by atoms with Crippen molar-refractivity contribution in [1.29, 1.82) is 0 Å². The van der Waals surface area contributed by atoms with Crippen molar-refractivity contribution in [1.82, 2.24) is 10.2 Å². The molecule has 10 heteroatoms. The molecule has 3 rings (SSSR count). The van der Waals surface area contributed by atoms with Crippen LogP contribution in [-0.2, 0) is 26.2 Å². The molecule has 0 aromatic heterocycles. The molecular weight excluding hydrogens is 578 g/mol. The first-order valence-electron chi connectivity index (χ1n) is 11.8. The maximum Gasteiger partial charge on any atom is 0.264 e. The maximum absolute atomic E-state index is 13.8. The summed E-state index contributed by atoms with van der Waals surface area (Å²) in [6, 6.07) is 20.8. The first kappa shape index (κ1) is 28.7. The van der Waals surface area contributed by atoms with Crippen molar-refractivity contribution in [3.63, 3.8) is 0 Å². The molecule has 1 atom stereocenters. The zero-order chi connectivity index (χ0) is 27.0. The predicted octanol–water partition coefficient (Wildman–Crippen LogP) is 5.24. The van der Waals surface area contributed by atoms with Crippen LogP contribution in [0.5, 0.6) is 0 Å². The Labute approximate surface area is 231 Å². The molecule has 0 saturated heterocycles. The van der Waals surface area contributed by atoms with Gasteiger partial charge in [-0.1, -0.05) is 70.9 Å². The highest BCUT2D eigenvalue weighted by Gasteiger charge is 2.32. The second-order valence-electron chi connectivity index (χ2n) is 8.38. The van der Waals surface area contributed by atoms with E-state index in [0.29, 0.717) is 22.8 Å². The third-order valence-corrected chi connectivity index (χ3v) is 8.43. The summed E-state index contributed by atoms with van der Waals surface area (Å²) in [5, 5.41) is 3.26. The highest BCUT2D eigenvalue weighted by atomic mass is 79.9. The van der Waals surface area contributed by atoms with Crippen molar-refractivity contribution in [2.45, 2.75) is 37.8 Å². The van der Waals surface area contributed by atoms with Gasteiger partial charge in [0.1, 0.15) is 12.6 Å². The summed E-state index contributed by atoms with van der Waals surface area (Å²) in [6.45, 7) is 3.55.